The Balaban J connectivity index is 0.000000677. The van der Waals surface area contributed by atoms with E-state index in [-0.39, 0.29) is 22.6 Å². The maximum absolute atomic E-state index is 14.3. The number of rotatable bonds is 1. The average molecular weight is 761 g/mol. The molecule has 1 aliphatic heterocycles. The summed E-state index contributed by atoms with van der Waals surface area (Å²) in [4.78, 5) is 29.8. The van der Waals surface area contributed by atoms with Crippen molar-refractivity contribution in [2.24, 2.45) is 10.8 Å². The Morgan fingerprint density at radius 1 is 0.690 bits per heavy atom. The van der Waals surface area contributed by atoms with Crippen LogP contribution in [-0.2, 0) is 19.9 Å². The van der Waals surface area contributed by atoms with E-state index in [4.69, 9.17) is 4.98 Å². The van der Waals surface area contributed by atoms with Gasteiger partial charge < -0.3 is 9.30 Å². The molecule has 1 spiro atoms. The molecule has 1 atom stereocenters. The highest BCUT2D eigenvalue weighted by Crippen LogP contribution is 2.60. The molecule has 288 valence electrons. The van der Waals surface area contributed by atoms with Crippen LogP contribution in [0.2, 0.25) is 0 Å². The highest BCUT2D eigenvalue weighted by atomic mass is 16.5. The number of ether oxygens (including phenoxy) is 1. The van der Waals surface area contributed by atoms with Crippen LogP contribution in [0.1, 0.15) is 72.1 Å². The van der Waals surface area contributed by atoms with Gasteiger partial charge in [-0.1, -0.05) is 163 Å². The third-order valence-corrected chi connectivity index (χ3v) is 11.9. The molecule has 0 N–H and O–H groups in total. The summed E-state index contributed by atoms with van der Waals surface area (Å²) in [7, 11) is 0. The van der Waals surface area contributed by atoms with Crippen molar-refractivity contribution < 1.29 is 14.3 Å². The molecule has 0 saturated heterocycles. The van der Waals surface area contributed by atoms with Gasteiger partial charge in [0.05, 0.1) is 17.6 Å². The highest BCUT2D eigenvalue weighted by molar-refractivity contribution is 6.24. The molecule has 2 aliphatic carbocycles. The molecule has 0 bridgehead atoms. The fourth-order valence-electron chi connectivity index (χ4n) is 9.50. The Hall–Kier alpha value is -6.33. The number of allylic oxidation sites excluding steroid dienone is 7. The van der Waals surface area contributed by atoms with E-state index in [9.17, 15) is 9.59 Å². The molecule has 1 aromatic heterocycles. The average Bonchev–Trinajstić information content (AvgIpc) is 3.73. The fraction of sp³-hybridized carbons (Fsp3) is 0.226. The summed E-state index contributed by atoms with van der Waals surface area (Å²) in [5.74, 6) is 0.895. The van der Waals surface area contributed by atoms with Gasteiger partial charge in [0.1, 0.15) is 11.4 Å². The molecule has 5 heteroatoms. The van der Waals surface area contributed by atoms with Crippen LogP contribution in [0.15, 0.2) is 150 Å². The number of esters is 1. The molecule has 6 aromatic carbocycles. The second-order valence-electron chi connectivity index (χ2n) is 17.6. The summed E-state index contributed by atoms with van der Waals surface area (Å²) < 4.78 is 6.98. The molecule has 0 fully saturated rings. The summed E-state index contributed by atoms with van der Waals surface area (Å²) in [6, 6.07) is 39.7. The second kappa shape index (κ2) is 13.4. The lowest BCUT2D eigenvalue weighted by molar-refractivity contribution is -0.140. The Kier molecular flexibility index (Phi) is 8.59. The zero-order valence-corrected chi connectivity index (χ0v) is 34.5. The molecular formula is C53H48N2O3. The number of fused-ring (bicyclic) bond motifs is 16. The minimum Gasteiger partial charge on any atom is -0.466 e. The van der Waals surface area contributed by atoms with Crippen molar-refractivity contribution in [3.8, 4) is 11.4 Å². The number of hydrogen-bond donors (Lipinski definition) is 0. The van der Waals surface area contributed by atoms with Gasteiger partial charge in [0.25, 0.3) is 0 Å². The van der Waals surface area contributed by atoms with E-state index in [2.05, 4.69) is 184 Å². The van der Waals surface area contributed by atoms with Gasteiger partial charge in [0, 0.05) is 40.0 Å². The molecule has 2 heterocycles. The van der Waals surface area contributed by atoms with Crippen LogP contribution in [0.4, 0.5) is 0 Å². The summed E-state index contributed by atoms with van der Waals surface area (Å²) in [5.41, 5.74) is 9.30. The minimum atomic E-state index is -0.800. The molecule has 5 nitrogen and oxygen atoms in total. The number of imidazole rings is 1. The third-order valence-electron chi connectivity index (χ3n) is 11.9. The van der Waals surface area contributed by atoms with Crippen LogP contribution in [-0.4, -0.2) is 27.9 Å². The molecule has 10 rings (SSSR count). The van der Waals surface area contributed by atoms with E-state index in [0.717, 1.165) is 50.1 Å². The number of carbonyl (C=O) groups excluding carboxylic acids is 2. The first-order valence-corrected chi connectivity index (χ1v) is 20.3. The van der Waals surface area contributed by atoms with Crippen LogP contribution in [0, 0.1) is 10.8 Å². The van der Waals surface area contributed by atoms with Crippen molar-refractivity contribution in [3.63, 3.8) is 0 Å². The van der Waals surface area contributed by atoms with E-state index in [1.54, 1.807) is 6.92 Å². The molecule has 0 saturated carbocycles. The second-order valence-corrected chi connectivity index (χ2v) is 17.6. The molecule has 3 aliphatic rings. The van der Waals surface area contributed by atoms with Gasteiger partial charge in [-0.15, -0.1) is 0 Å². The van der Waals surface area contributed by atoms with Gasteiger partial charge in [-0.2, -0.15) is 0 Å². The smallest absolute Gasteiger partial charge is 0.302 e. The van der Waals surface area contributed by atoms with Crippen molar-refractivity contribution in [3.05, 3.63) is 166 Å². The summed E-state index contributed by atoms with van der Waals surface area (Å²) in [6.07, 6.45) is 8.99. The van der Waals surface area contributed by atoms with Crippen LogP contribution in [0.5, 0.6) is 0 Å². The van der Waals surface area contributed by atoms with Crippen molar-refractivity contribution in [2.45, 2.75) is 60.9 Å². The van der Waals surface area contributed by atoms with E-state index >= 15 is 0 Å². The van der Waals surface area contributed by atoms with E-state index in [0.29, 0.717) is 6.61 Å². The molecular weight excluding hydrogens is 713 g/mol. The zero-order valence-electron chi connectivity index (χ0n) is 34.5. The van der Waals surface area contributed by atoms with Crippen LogP contribution < -0.4 is 0 Å². The van der Waals surface area contributed by atoms with Crippen molar-refractivity contribution in [2.75, 3.05) is 6.61 Å². The number of Topliss-reactive ketones (excluding diaryl/α,β-unsaturated/α-hetero) is 1. The van der Waals surface area contributed by atoms with Gasteiger partial charge in [0.2, 0.25) is 0 Å². The predicted molar refractivity (Wildman–Crippen MR) is 239 cm³/mol. The van der Waals surface area contributed by atoms with E-state index in [1.165, 1.54) is 50.5 Å². The Labute approximate surface area is 340 Å². The largest absolute Gasteiger partial charge is 0.466 e. The van der Waals surface area contributed by atoms with Crippen molar-refractivity contribution in [1.82, 2.24) is 9.55 Å². The SMILES string of the molecule is CC(C)(C)C1=CC(=C2C=Cc3ccccc3[C@@]23c2c(ccc4ccccc24)-c2nc4c5ccccc5c5ccccc5c4n23)C=C(C(C)(C)C)C1=O.CCOC(C)=O. The molecule has 0 radical (unpaired) electrons. The number of benzene rings is 6. The molecule has 58 heavy (non-hydrogen) atoms. The van der Waals surface area contributed by atoms with Gasteiger partial charge in [0.15, 0.2) is 5.78 Å². The lowest BCUT2D eigenvalue weighted by Crippen LogP contribution is -2.39. The number of nitrogens with zero attached hydrogens (tertiary/aromatic N) is 2. The summed E-state index contributed by atoms with van der Waals surface area (Å²) in [5, 5.41) is 7.15. The van der Waals surface area contributed by atoms with Crippen LogP contribution >= 0.6 is 0 Å². The maximum atomic E-state index is 14.3. The van der Waals surface area contributed by atoms with Crippen molar-refractivity contribution in [1.29, 1.82) is 0 Å². The van der Waals surface area contributed by atoms with Crippen LogP contribution in [0.25, 0.3) is 60.8 Å². The third kappa shape index (κ3) is 5.47. The van der Waals surface area contributed by atoms with Crippen molar-refractivity contribution >= 4 is 61.2 Å². The zero-order chi connectivity index (χ0) is 40.7. The van der Waals surface area contributed by atoms with Gasteiger partial charge in [-0.3, -0.25) is 9.59 Å². The number of ketones is 1. The van der Waals surface area contributed by atoms with Gasteiger partial charge in [-0.05, 0) is 73.7 Å². The number of aromatic nitrogens is 2. The summed E-state index contributed by atoms with van der Waals surface area (Å²) >= 11 is 0. The number of carbonyl (C=O) groups is 2. The van der Waals surface area contributed by atoms with Crippen LogP contribution in [0.3, 0.4) is 0 Å². The highest BCUT2D eigenvalue weighted by Gasteiger charge is 2.53. The lowest BCUT2D eigenvalue weighted by Gasteiger charge is -2.41. The standard InChI is InChI=1S/C49H40N2O.C4H8O2/c1-47(2,3)40-27-31(28-41(45(40)52)48(4,5)6)39-26-24-30-16-8-14-22-38(30)49(39)42-32-17-9-7-15-29(32)23-25-37(42)46-50-43-35-20-12-10-18-33(35)34-19-11-13-21-36(34)44(43)51(46)49;1-3-6-4(2)5/h7-28H,1-6H3;3H2,1-2H3/t49-;/m0./s1. The minimum absolute atomic E-state index is 0.141. The lowest BCUT2D eigenvalue weighted by atomic mass is 9.66. The Morgan fingerprint density at radius 3 is 1.88 bits per heavy atom. The Morgan fingerprint density at radius 2 is 1.26 bits per heavy atom. The molecule has 0 amide bonds. The quantitative estimate of drug-likeness (QED) is 0.123. The monoisotopic (exact) mass is 760 g/mol. The predicted octanol–water partition coefficient (Wildman–Crippen LogP) is 12.7. The molecule has 0 unspecified atom stereocenters. The van der Waals surface area contributed by atoms with E-state index < -0.39 is 5.54 Å². The first-order valence-electron chi connectivity index (χ1n) is 20.3. The molecule has 7 aromatic rings. The van der Waals surface area contributed by atoms with Gasteiger partial charge in [-0.25, -0.2) is 4.98 Å². The van der Waals surface area contributed by atoms with Gasteiger partial charge >= 0.3 is 5.97 Å². The summed E-state index contributed by atoms with van der Waals surface area (Å²) in [6.45, 7) is 16.6. The first-order chi connectivity index (χ1) is 27.8. The first kappa shape index (κ1) is 37.3. The Bertz CT molecular complexity index is 2990. The fourth-order valence-corrected chi connectivity index (χ4v) is 9.50. The normalized spacial score (nSPS) is 17.3. The number of hydrogen-bond acceptors (Lipinski definition) is 4. The maximum Gasteiger partial charge on any atom is 0.302 e. The van der Waals surface area contributed by atoms with E-state index in [1.807, 2.05) is 0 Å². The topological polar surface area (TPSA) is 61.2 Å².